The molecule has 1 fully saturated rings. The van der Waals surface area contributed by atoms with E-state index in [1.54, 1.807) is 0 Å². The van der Waals surface area contributed by atoms with Gasteiger partial charge in [0.2, 0.25) is 0 Å². The van der Waals surface area contributed by atoms with Gasteiger partial charge in [0.05, 0.1) is 0 Å². The molecule has 0 aromatic carbocycles. The minimum Gasteiger partial charge on any atom is -0.396 e. The molecule has 6 nitrogen and oxygen atoms in total. The van der Waals surface area contributed by atoms with E-state index in [2.05, 4.69) is 20.7 Å². The maximum absolute atomic E-state index is 9.28. The molecule has 1 aromatic heterocycles. The maximum Gasteiger partial charge on any atom is 0.148 e. The maximum atomic E-state index is 9.28. The molecule has 0 spiro atoms. The second-order valence-corrected chi connectivity index (χ2v) is 4.46. The summed E-state index contributed by atoms with van der Waals surface area (Å²) in [5.41, 5.74) is 3.45. The lowest BCUT2D eigenvalue weighted by Gasteiger charge is -2.21. The van der Waals surface area contributed by atoms with Crippen molar-refractivity contribution in [2.75, 3.05) is 17.3 Å². The second kappa shape index (κ2) is 5.29. The van der Waals surface area contributed by atoms with Crippen LogP contribution in [0.4, 0.5) is 11.6 Å². The standard InChI is InChI=1S/C11H19N5O/c1-7-10(13-6-14-11(7)16-12)15-9-4-2-3-8(9)5-17/h6,8-9,17H,2-5,12H2,1H3,(H2,13,14,15,16). The summed E-state index contributed by atoms with van der Waals surface area (Å²) < 4.78 is 0. The number of hydrogen-bond donors (Lipinski definition) is 4. The zero-order chi connectivity index (χ0) is 12.3. The molecule has 1 heterocycles. The Labute approximate surface area is 101 Å². The minimum absolute atomic E-state index is 0.226. The molecule has 2 unspecified atom stereocenters. The molecule has 94 valence electrons. The summed E-state index contributed by atoms with van der Waals surface area (Å²) in [5, 5.41) is 12.7. The van der Waals surface area contributed by atoms with Crippen LogP contribution in [-0.4, -0.2) is 27.7 Å². The highest BCUT2D eigenvalue weighted by atomic mass is 16.3. The van der Waals surface area contributed by atoms with Gasteiger partial charge in [-0.05, 0) is 19.8 Å². The third-order valence-corrected chi connectivity index (χ3v) is 3.44. The molecule has 0 saturated heterocycles. The Bertz CT molecular complexity index is 384. The summed E-state index contributed by atoms with van der Waals surface area (Å²) in [4.78, 5) is 8.25. The van der Waals surface area contributed by atoms with Crippen LogP contribution in [0.15, 0.2) is 6.33 Å². The fourth-order valence-electron chi connectivity index (χ4n) is 2.36. The van der Waals surface area contributed by atoms with E-state index in [1.807, 2.05) is 6.92 Å². The molecule has 0 radical (unpaired) electrons. The van der Waals surface area contributed by atoms with Crippen LogP contribution in [-0.2, 0) is 0 Å². The van der Waals surface area contributed by atoms with E-state index >= 15 is 0 Å². The van der Waals surface area contributed by atoms with Gasteiger partial charge in [-0.15, -0.1) is 0 Å². The van der Waals surface area contributed by atoms with E-state index in [4.69, 9.17) is 5.84 Å². The van der Waals surface area contributed by atoms with E-state index in [0.717, 1.165) is 30.6 Å². The molecule has 5 N–H and O–H groups in total. The normalized spacial score (nSPS) is 23.7. The number of nitrogens with one attached hydrogen (secondary N) is 2. The highest BCUT2D eigenvalue weighted by Gasteiger charge is 2.27. The number of hydrogen-bond acceptors (Lipinski definition) is 6. The number of rotatable bonds is 4. The molecule has 2 atom stereocenters. The molecular formula is C11H19N5O. The minimum atomic E-state index is 0.226. The summed E-state index contributed by atoms with van der Waals surface area (Å²) in [6, 6.07) is 0.291. The summed E-state index contributed by atoms with van der Waals surface area (Å²) in [6.07, 6.45) is 4.77. The first-order valence-electron chi connectivity index (χ1n) is 5.92. The van der Waals surface area contributed by atoms with E-state index < -0.39 is 0 Å². The number of aliphatic hydroxyl groups is 1. The zero-order valence-electron chi connectivity index (χ0n) is 9.98. The first-order valence-corrected chi connectivity index (χ1v) is 5.92. The largest absolute Gasteiger partial charge is 0.396 e. The Balaban J connectivity index is 2.13. The predicted molar refractivity (Wildman–Crippen MR) is 66.4 cm³/mol. The van der Waals surface area contributed by atoms with Gasteiger partial charge in [-0.3, -0.25) is 0 Å². The number of aromatic nitrogens is 2. The van der Waals surface area contributed by atoms with Crippen molar-refractivity contribution in [2.24, 2.45) is 11.8 Å². The van der Waals surface area contributed by atoms with Crippen molar-refractivity contribution < 1.29 is 5.11 Å². The number of nitrogens with two attached hydrogens (primary N) is 1. The third-order valence-electron chi connectivity index (χ3n) is 3.44. The van der Waals surface area contributed by atoms with Gasteiger partial charge >= 0.3 is 0 Å². The van der Waals surface area contributed by atoms with Crippen LogP contribution in [0.2, 0.25) is 0 Å². The van der Waals surface area contributed by atoms with Crippen molar-refractivity contribution in [3.63, 3.8) is 0 Å². The molecule has 2 rings (SSSR count). The Hall–Kier alpha value is -1.40. The van der Waals surface area contributed by atoms with Gasteiger partial charge in [-0.2, -0.15) is 0 Å². The van der Waals surface area contributed by atoms with Crippen LogP contribution in [0, 0.1) is 12.8 Å². The fraction of sp³-hybridized carbons (Fsp3) is 0.636. The number of aliphatic hydroxyl groups excluding tert-OH is 1. The Morgan fingerprint density at radius 1 is 1.41 bits per heavy atom. The highest BCUT2D eigenvalue weighted by molar-refractivity contribution is 5.56. The SMILES string of the molecule is Cc1c(NN)ncnc1NC1CCCC1CO. The predicted octanol–water partition coefficient (Wildman–Crippen LogP) is 0.644. The molecular weight excluding hydrogens is 218 g/mol. The lowest BCUT2D eigenvalue weighted by atomic mass is 10.1. The second-order valence-electron chi connectivity index (χ2n) is 4.46. The highest BCUT2D eigenvalue weighted by Crippen LogP contribution is 2.29. The molecule has 1 aliphatic carbocycles. The summed E-state index contributed by atoms with van der Waals surface area (Å²) >= 11 is 0. The first-order chi connectivity index (χ1) is 8.26. The van der Waals surface area contributed by atoms with Crippen molar-refractivity contribution in [3.8, 4) is 0 Å². The smallest absolute Gasteiger partial charge is 0.148 e. The van der Waals surface area contributed by atoms with Crippen molar-refractivity contribution >= 4 is 11.6 Å². The molecule has 1 aliphatic rings. The van der Waals surface area contributed by atoms with Crippen LogP contribution in [0.25, 0.3) is 0 Å². The molecule has 17 heavy (non-hydrogen) atoms. The molecule has 0 amide bonds. The molecule has 0 bridgehead atoms. The topological polar surface area (TPSA) is 96.1 Å². The van der Waals surface area contributed by atoms with Gasteiger partial charge in [0.1, 0.15) is 18.0 Å². The van der Waals surface area contributed by atoms with Crippen LogP contribution < -0.4 is 16.6 Å². The van der Waals surface area contributed by atoms with Gasteiger partial charge in [0, 0.05) is 24.1 Å². The van der Waals surface area contributed by atoms with E-state index in [0.29, 0.717) is 17.8 Å². The van der Waals surface area contributed by atoms with Crippen molar-refractivity contribution in [3.05, 3.63) is 11.9 Å². The third kappa shape index (κ3) is 2.48. The lowest BCUT2D eigenvalue weighted by Crippen LogP contribution is -2.27. The Kier molecular flexibility index (Phi) is 3.75. The van der Waals surface area contributed by atoms with Gasteiger partial charge < -0.3 is 15.8 Å². The van der Waals surface area contributed by atoms with E-state index in [1.165, 1.54) is 6.33 Å². The summed E-state index contributed by atoms with van der Waals surface area (Å²) in [7, 11) is 0. The molecule has 0 aliphatic heterocycles. The van der Waals surface area contributed by atoms with Crippen LogP contribution in [0.3, 0.4) is 0 Å². The fourth-order valence-corrected chi connectivity index (χ4v) is 2.36. The van der Waals surface area contributed by atoms with Crippen LogP contribution >= 0.6 is 0 Å². The van der Waals surface area contributed by atoms with Crippen LogP contribution in [0.5, 0.6) is 0 Å². The van der Waals surface area contributed by atoms with Crippen molar-refractivity contribution in [1.82, 2.24) is 9.97 Å². The quantitative estimate of drug-likeness (QED) is 0.453. The zero-order valence-corrected chi connectivity index (χ0v) is 9.98. The van der Waals surface area contributed by atoms with Crippen molar-refractivity contribution in [1.29, 1.82) is 0 Å². The van der Waals surface area contributed by atoms with Gasteiger partial charge in [0.25, 0.3) is 0 Å². The van der Waals surface area contributed by atoms with E-state index in [-0.39, 0.29) is 6.61 Å². The lowest BCUT2D eigenvalue weighted by molar-refractivity contribution is 0.222. The number of hydrazine groups is 1. The van der Waals surface area contributed by atoms with Crippen LogP contribution in [0.1, 0.15) is 24.8 Å². The summed E-state index contributed by atoms with van der Waals surface area (Å²) in [5.74, 6) is 7.11. The first kappa shape index (κ1) is 12.1. The molecule has 6 heteroatoms. The molecule has 1 aromatic rings. The Morgan fingerprint density at radius 3 is 2.88 bits per heavy atom. The van der Waals surface area contributed by atoms with E-state index in [9.17, 15) is 5.11 Å². The number of nitrogen functional groups attached to an aromatic ring is 1. The van der Waals surface area contributed by atoms with Gasteiger partial charge in [-0.1, -0.05) is 6.42 Å². The van der Waals surface area contributed by atoms with Crippen molar-refractivity contribution in [2.45, 2.75) is 32.2 Å². The number of nitrogens with zero attached hydrogens (tertiary/aromatic N) is 2. The van der Waals surface area contributed by atoms with Gasteiger partial charge in [-0.25, -0.2) is 15.8 Å². The average molecular weight is 237 g/mol. The number of anilines is 2. The summed E-state index contributed by atoms with van der Waals surface area (Å²) in [6.45, 7) is 2.14. The average Bonchev–Trinajstić information content (AvgIpc) is 2.79. The molecule has 1 saturated carbocycles. The Morgan fingerprint density at radius 2 is 2.18 bits per heavy atom. The van der Waals surface area contributed by atoms with Gasteiger partial charge in [0.15, 0.2) is 0 Å². The monoisotopic (exact) mass is 237 g/mol.